The molecule has 0 heterocycles. The molecule has 0 aromatic rings. The van der Waals surface area contributed by atoms with Gasteiger partial charge in [0.05, 0.1) is 13.7 Å². The quantitative estimate of drug-likeness (QED) is 0.0519. The van der Waals surface area contributed by atoms with Gasteiger partial charge in [-0.3, -0.25) is 4.79 Å². The zero-order chi connectivity index (χ0) is 31.4. The lowest BCUT2D eigenvalue weighted by Crippen LogP contribution is -2.41. The minimum Gasteiger partial charge on any atom is -0.466 e. The number of allylic oxidation sites excluding steroid dienone is 1. The highest BCUT2D eigenvalue weighted by molar-refractivity contribution is 5.81. The van der Waals surface area contributed by atoms with Gasteiger partial charge >= 0.3 is 11.9 Å². The largest absolute Gasteiger partial charge is 0.466 e. The third-order valence-corrected chi connectivity index (χ3v) is 7.66. The normalized spacial score (nSPS) is 12.9. The molecule has 0 aliphatic rings. The zero-order valence-electron chi connectivity index (χ0n) is 27.7. The lowest BCUT2D eigenvalue weighted by atomic mass is 9.98. The van der Waals surface area contributed by atoms with Gasteiger partial charge in [0, 0.05) is 25.1 Å². The number of hydrogen-bond donors (Lipinski definition) is 0. The lowest BCUT2D eigenvalue weighted by molar-refractivity contribution is -0.149. The van der Waals surface area contributed by atoms with Crippen LogP contribution in [0.25, 0.3) is 0 Å². The van der Waals surface area contributed by atoms with Crippen LogP contribution in [0.3, 0.4) is 0 Å². The maximum absolute atomic E-state index is 14.0. The number of methoxy groups -OCH3 is 1. The minimum atomic E-state index is -1.57. The van der Waals surface area contributed by atoms with Gasteiger partial charge in [0.15, 0.2) is 6.17 Å². The van der Waals surface area contributed by atoms with Gasteiger partial charge in [0.1, 0.15) is 0 Å². The summed E-state index contributed by atoms with van der Waals surface area (Å²) in [7, 11) is 5.43. The van der Waals surface area contributed by atoms with E-state index < -0.39 is 12.1 Å². The van der Waals surface area contributed by atoms with Crippen molar-refractivity contribution in [3.63, 3.8) is 0 Å². The van der Waals surface area contributed by atoms with Crippen molar-refractivity contribution in [2.75, 3.05) is 40.9 Å². The second-order valence-electron chi connectivity index (χ2n) is 11.7. The average Bonchev–Trinajstić information content (AvgIpc) is 2.96. The van der Waals surface area contributed by atoms with Gasteiger partial charge < -0.3 is 19.3 Å². The van der Waals surface area contributed by atoms with E-state index in [9.17, 15) is 18.8 Å². The smallest absolute Gasteiger partial charge is 0.340 e. The van der Waals surface area contributed by atoms with Crippen LogP contribution in [-0.4, -0.2) is 80.8 Å². The van der Waals surface area contributed by atoms with Crippen LogP contribution >= 0.6 is 0 Å². The van der Waals surface area contributed by atoms with Crippen molar-refractivity contribution in [1.82, 2.24) is 9.80 Å². The fraction of sp³-hybridized carbons (Fsp3) is 0.853. The Hall–Kier alpha value is -1.96. The first-order valence-electron chi connectivity index (χ1n) is 16.8. The van der Waals surface area contributed by atoms with Crippen LogP contribution < -0.4 is 0 Å². The summed E-state index contributed by atoms with van der Waals surface area (Å²) in [6, 6.07) is 0.190. The molecule has 7 nitrogen and oxygen atoms in total. The Bertz CT molecular complexity index is 716. The third kappa shape index (κ3) is 22.6. The van der Waals surface area contributed by atoms with Gasteiger partial charge in [-0.05, 0) is 78.9 Å². The Morgan fingerprint density at radius 2 is 1.36 bits per heavy atom. The van der Waals surface area contributed by atoms with Gasteiger partial charge in [-0.1, -0.05) is 77.2 Å². The maximum Gasteiger partial charge on any atom is 0.340 e. The Morgan fingerprint density at radius 1 is 0.762 bits per heavy atom. The zero-order valence-corrected chi connectivity index (χ0v) is 27.7. The van der Waals surface area contributed by atoms with E-state index in [1.54, 1.807) is 6.92 Å². The topological polar surface area (TPSA) is 76.1 Å². The van der Waals surface area contributed by atoms with E-state index in [1.165, 1.54) is 58.1 Å². The molecule has 0 aliphatic carbocycles. The van der Waals surface area contributed by atoms with Crippen LogP contribution in [0, 0.1) is 0 Å². The number of unbranched alkanes of at least 4 members (excludes halogenated alkanes) is 11. The molecule has 0 rings (SSSR count). The van der Waals surface area contributed by atoms with Crippen molar-refractivity contribution in [1.29, 1.82) is 0 Å². The maximum atomic E-state index is 14.0. The van der Waals surface area contributed by atoms with Crippen LogP contribution in [0.1, 0.15) is 136 Å². The molecule has 0 saturated carbocycles. The van der Waals surface area contributed by atoms with Crippen LogP contribution in [0.4, 0.5) is 4.39 Å². The van der Waals surface area contributed by atoms with E-state index in [2.05, 4.69) is 21.5 Å². The number of ether oxygens (including phenoxy) is 2. The van der Waals surface area contributed by atoms with Gasteiger partial charge in [0.25, 0.3) is 0 Å². The highest BCUT2D eigenvalue weighted by Crippen LogP contribution is 2.21. The molecule has 0 aromatic heterocycles. The first kappa shape index (κ1) is 40.0. The van der Waals surface area contributed by atoms with E-state index >= 15 is 0 Å². The molecule has 0 aromatic carbocycles. The molecule has 0 spiro atoms. The molecule has 2 atom stereocenters. The predicted molar refractivity (Wildman–Crippen MR) is 170 cm³/mol. The summed E-state index contributed by atoms with van der Waals surface area (Å²) in [6.07, 6.45) is 20.2. The van der Waals surface area contributed by atoms with Crippen molar-refractivity contribution in [3.05, 3.63) is 12.2 Å². The monoisotopic (exact) mass is 598 g/mol. The van der Waals surface area contributed by atoms with E-state index in [1.807, 2.05) is 20.2 Å². The van der Waals surface area contributed by atoms with Crippen LogP contribution in [0.15, 0.2) is 12.2 Å². The number of nitrogens with zero attached hydrogens (tertiary/aromatic N) is 2. The molecule has 8 heteroatoms. The number of esters is 2. The second kappa shape index (κ2) is 27.8. The number of hydrogen-bond acceptors (Lipinski definition) is 6. The third-order valence-electron chi connectivity index (χ3n) is 7.66. The van der Waals surface area contributed by atoms with Crippen molar-refractivity contribution >= 4 is 17.8 Å². The summed E-state index contributed by atoms with van der Waals surface area (Å²) in [6.45, 7) is 5.65. The Balaban J connectivity index is 5.16. The van der Waals surface area contributed by atoms with Crippen molar-refractivity contribution in [2.24, 2.45) is 0 Å². The Kier molecular flexibility index (Phi) is 26.5. The van der Waals surface area contributed by atoms with Crippen molar-refractivity contribution < 1.29 is 28.2 Å². The molecule has 2 unspecified atom stereocenters. The van der Waals surface area contributed by atoms with Gasteiger partial charge in [0.2, 0.25) is 5.91 Å². The first-order valence-corrected chi connectivity index (χ1v) is 16.8. The summed E-state index contributed by atoms with van der Waals surface area (Å²) in [5.41, 5.74) is 0. The number of alkyl halides is 1. The summed E-state index contributed by atoms with van der Waals surface area (Å²) in [4.78, 5) is 40.6. The summed E-state index contributed by atoms with van der Waals surface area (Å²) in [5.74, 6) is -0.901. The van der Waals surface area contributed by atoms with E-state index in [0.29, 0.717) is 19.4 Å². The van der Waals surface area contributed by atoms with E-state index in [4.69, 9.17) is 4.74 Å². The number of carbonyl (C=O) groups is 3. The molecule has 1 amide bonds. The molecule has 0 saturated heterocycles. The molecule has 0 bridgehead atoms. The fourth-order valence-electron chi connectivity index (χ4n) is 5.19. The molecule has 0 aliphatic heterocycles. The fourth-order valence-corrected chi connectivity index (χ4v) is 5.19. The van der Waals surface area contributed by atoms with Gasteiger partial charge in [-0.2, -0.15) is 0 Å². The standard InChI is InChI=1S/C34H63FN2O5/c1-6-8-9-10-11-12-13-17-23-30(24-18-14-15-20-27-33(39)41-5)37(32(38)26-22-28-36(3)4)29-21-16-19-25-31(35)34(40)42-7-2/h20,27,30-31H,6-19,21-26,28-29H2,1-5H3. The lowest BCUT2D eigenvalue weighted by Gasteiger charge is -2.33. The SMILES string of the molecule is CCCCCCCCCCC(CCCCC=CC(=O)OC)N(CCCCCC(F)C(=O)OCC)C(=O)CCCN(C)C. The molecule has 246 valence electrons. The summed E-state index contributed by atoms with van der Waals surface area (Å²) < 4.78 is 23.5. The van der Waals surface area contributed by atoms with E-state index in [0.717, 1.165) is 64.3 Å². The molecule has 0 radical (unpaired) electrons. The van der Waals surface area contributed by atoms with Gasteiger partial charge in [-0.25, -0.2) is 14.0 Å². The molecule has 0 fully saturated rings. The van der Waals surface area contributed by atoms with Gasteiger partial charge in [-0.15, -0.1) is 0 Å². The number of amides is 1. The molecule has 0 N–H and O–H groups in total. The average molecular weight is 599 g/mol. The second-order valence-corrected chi connectivity index (χ2v) is 11.7. The van der Waals surface area contributed by atoms with Crippen LogP contribution in [0.5, 0.6) is 0 Å². The van der Waals surface area contributed by atoms with Crippen LogP contribution in [0.2, 0.25) is 0 Å². The van der Waals surface area contributed by atoms with Crippen molar-refractivity contribution in [2.45, 2.75) is 148 Å². The number of carbonyl (C=O) groups excluding carboxylic acids is 3. The predicted octanol–water partition coefficient (Wildman–Crippen LogP) is 7.81. The number of halogens is 1. The van der Waals surface area contributed by atoms with Crippen LogP contribution in [-0.2, 0) is 23.9 Å². The molecular formula is C34H63FN2O5. The van der Waals surface area contributed by atoms with E-state index in [-0.39, 0.29) is 30.9 Å². The summed E-state index contributed by atoms with van der Waals surface area (Å²) >= 11 is 0. The highest BCUT2D eigenvalue weighted by Gasteiger charge is 2.23. The highest BCUT2D eigenvalue weighted by atomic mass is 19.1. The minimum absolute atomic E-state index is 0.163. The first-order chi connectivity index (χ1) is 20.3. The Labute approximate surface area is 256 Å². The summed E-state index contributed by atoms with van der Waals surface area (Å²) in [5, 5.41) is 0. The Morgan fingerprint density at radius 3 is 1.98 bits per heavy atom. The number of rotatable bonds is 28. The molecular weight excluding hydrogens is 535 g/mol. The molecule has 42 heavy (non-hydrogen) atoms. The van der Waals surface area contributed by atoms with Crippen molar-refractivity contribution in [3.8, 4) is 0 Å².